The van der Waals surface area contributed by atoms with Gasteiger partial charge >= 0.3 is 18.0 Å². The number of amides is 2. The van der Waals surface area contributed by atoms with E-state index in [9.17, 15) is 23.9 Å². The summed E-state index contributed by atoms with van der Waals surface area (Å²) in [4.78, 5) is 54.6. The van der Waals surface area contributed by atoms with E-state index < -0.39 is 18.0 Å². The summed E-state index contributed by atoms with van der Waals surface area (Å²) in [6, 6.07) is 3.84. The Morgan fingerprint density at radius 1 is 1.20 bits per heavy atom. The summed E-state index contributed by atoms with van der Waals surface area (Å²) in [6.07, 6.45) is 6.08. The summed E-state index contributed by atoms with van der Waals surface area (Å²) < 4.78 is 19.7. The standard InChI is InChI=1S/C33H39FN6O5S/c1-3-45-30(43)26-24(36-28(29-35-10-13-46-29)37-27(26)23-5-4-21(34)14-20(23)2)18-38-11-12-39-22(16-38)17-40(31(39)44)33-8-6-32(19-33,7-9-33)15-25(41)42/h4-5,10,13-14,22,27H,3,6-9,11-12,15-19H2,1-2H3,(H,36,37)(H,41,42)/t22-,27-,32?,33?/m0/s1. The SMILES string of the molecule is CCOC(=O)C1=C(CN2CCN3C(=O)N(C45CCC(CC(=O)O)(CC4)C5)C[C@@H]3C2)NC(c2nccs2)=N[C@H]1c1ccc(F)cc1C. The van der Waals surface area contributed by atoms with Gasteiger partial charge in [0.05, 0.1) is 24.6 Å². The molecule has 0 unspecified atom stereocenters. The third-order valence-electron chi connectivity index (χ3n) is 10.6. The highest BCUT2D eigenvalue weighted by Crippen LogP contribution is 2.61. The number of nitrogens with one attached hydrogen (secondary N) is 1. The number of thiazole rings is 1. The number of esters is 1. The number of benzene rings is 1. The van der Waals surface area contributed by atoms with Crippen LogP contribution in [0.15, 0.2) is 46.0 Å². The molecule has 2 aromatic rings. The third kappa shape index (κ3) is 5.36. The van der Waals surface area contributed by atoms with Crippen LogP contribution >= 0.6 is 11.3 Å². The summed E-state index contributed by atoms with van der Waals surface area (Å²) in [5.41, 5.74) is 1.99. The minimum atomic E-state index is -0.758. The van der Waals surface area contributed by atoms with E-state index in [1.165, 1.54) is 23.5 Å². The van der Waals surface area contributed by atoms with Crippen LogP contribution < -0.4 is 5.32 Å². The smallest absolute Gasteiger partial charge is 0.338 e. The van der Waals surface area contributed by atoms with Gasteiger partial charge in [-0.1, -0.05) is 6.07 Å². The summed E-state index contributed by atoms with van der Waals surface area (Å²) in [5, 5.41) is 15.5. The van der Waals surface area contributed by atoms with Crippen molar-refractivity contribution in [3.8, 4) is 0 Å². The molecule has 244 valence electrons. The van der Waals surface area contributed by atoms with Crippen LogP contribution in [0.4, 0.5) is 9.18 Å². The van der Waals surface area contributed by atoms with E-state index in [1.54, 1.807) is 19.2 Å². The molecular weight excluding hydrogens is 611 g/mol. The maximum atomic E-state index is 14.1. The molecule has 13 heteroatoms. The number of halogens is 1. The number of aromatic nitrogens is 1. The molecule has 2 bridgehead atoms. The number of carbonyl (C=O) groups excluding carboxylic acids is 2. The third-order valence-corrected chi connectivity index (χ3v) is 11.4. The molecule has 1 aromatic heterocycles. The lowest BCUT2D eigenvalue weighted by Gasteiger charge is -2.38. The molecule has 3 aliphatic heterocycles. The number of carboxylic acids is 1. The number of nitrogens with zero attached hydrogens (tertiary/aromatic N) is 5. The molecule has 2 saturated heterocycles. The second-order valence-corrected chi connectivity index (χ2v) is 14.3. The average molecular weight is 651 g/mol. The van der Waals surface area contributed by atoms with Crippen molar-refractivity contribution in [3.63, 3.8) is 0 Å². The van der Waals surface area contributed by atoms with Crippen LogP contribution in [0.2, 0.25) is 0 Å². The van der Waals surface area contributed by atoms with Gasteiger partial charge in [-0.25, -0.2) is 19.0 Å². The Balaban J connectivity index is 1.15. The summed E-state index contributed by atoms with van der Waals surface area (Å²) >= 11 is 1.44. The van der Waals surface area contributed by atoms with Gasteiger partial charge in [0.15, 0.2) is 10.8 Å². The molecule has 7 rings (SSSR count). The van der Waals surface area contributed by atoms with Gasteiger partial charge < -0.3 is 25.0 Å². The van der Waals surface area contributed by atoms with Crippen molar-refractivity contribution in [2.24, 2.45) is 10.4 Å². The molecule has 4 heterocycles. The number of fused-ring (bicyclic) bond motifs is 3. The van der Waals surface area contributed by atoms with E-state index >= 15 is 0 Å². The molecule has 5 aliphatic rings. The van der Waals surface area contributed by atoms with E-state index in [0.717, 1.165) is 32.1 Å². The first-order chi connectivity index (χ1) is 22.1. The van der Waals surface area contributed by atoms with Crippen LogP contribution in [0.5, 0.6) is 0 Å². The molecule has 46 heavy (non-hydrogen) atoms. The minimum Gasteiger partial charge on any atom is -0.481 e. The van der Waals surface area contributed by atoms with E-state index in [1.807, 2.05) is 17.2 Å². The van der Waals surface area contributed by atoms with Gasteiger partial charge in [-0.2, -0.15) is 0 Å². The number of hydrogen-bond donors (Lipinski definition) is 2. The first kappa shape index (κ1) is 30.8. The quantitative estimate of drug-likeness (QED) is 0.389. The number of aryl methyl sites for hydroxylation is 1. The van der Waals surface area contributed by atoms with Crippen LogP contribution in [0.3, 0.4) is 0 Å². The number of carboxylic acid groups (broad SMARTS) is 1. The molecule has 11 nitrogen and oxygen atoms in total. The van der Waals surface area contributed by atoms with Gasteiger partial charge in [-0.05, 0) is 74.6 Å². The zero-order chi connectivity index (χ0) is 32.2. The van der Waals surface area contributed by atoms with Crippen molar-refractivity contribution in [1.82, 2.24) is 25.0 Å². The summed E-state index contributed by atoms with van der Waals surface area (Å²) in [7, 11) is 0. The van der Waals surface area contributed by atoms with Gasteiger partial charge in [0.25, 0.3) is 0 Å². The van der Waals surface area contributed by atoms with Crippen molar-refractivity contribution in [3.05, 3.63) is 63.0 Å². The number of aliphatic carboxylic acids is 1. The van der Waals surface area contributed by atoms with E-state index in [0.29, 0.717) is 66.0 Å². The molecule has 1 aromatic carbocycles. The predicted octanol–water partition coefficient (Wildman–Crippen LogP) is 4.10. The van der Waals surface area contributed by atoms with Gasteiger partial charge in [-0.3, -0.25) is 14.7 Å². The molecular formula is C33H39FN6O5S. The lowest BCUT2D eigenvalue weighted by atomic mass is 9.81. The highest BCUT2D eigenvalue weighted by molar-refractivity contribution is 7.11. The van der Waals surface area contributed by atoms with Gasteiger partial charge in [0.2, 0.25) is 0 Å². The number of ether oxygens (including phenoxy) is 1. The highest BCUT2D eigenvalue weighted by Gasteiger charge is 2.61. The largest absolute Gasteiger partial charge is 0.481 e. The maximum absolute atomic E-state index is 14.1. The molecule has 2 aliphatic carbocycles. The fourth-order valence-corrected chi connectivity index (χ4v) is 9.14. The molecule has 2 N–H and O–H groups in total. The Morgan fingerprint density at radius 3 is 2.70 bits per heavy atom. The molecule has 0 spiro atoms. The average Bonchev–Trinajstić information content (AvgIpc) is 3.81. The fourth-order valence-electron chi connectivity index (χ4n) is 8.55. The van der Waals surface area contributed by atoms with Crippen molar-refractivity contribution in [1.29, 1.82) is 0 Å². The summed E-state index contributed by atoms with van der Waals surface area (Å²) in [6.45, 7) is 6.59. The molecule has 2 amide bonds. The van der Waals surface area contributed by atoms with Gasteiger partial charge in [0, 0.05) is 55.5 Å². The minimum absolute atomic E-state index is 0.0110. The van der Waals surface area contributed by atoms with Crippen LogP contribution in [0.1, 0.15) is 67.6 Å². The second kappa shape index (κ2) is 11.8. The van der Waals surface area contributed by atoms with E-state index in [4.69, 9.17) is 9.73 Å². The van der Waals surface area contributed by atoms with Crippen molar-refractivity contribution in [2.75, 3.05) is 39.3 Å². The molecule has 4 fully saturated rings. The van der Waals surface area contributed by atoms with Crippen LogP contribution in [0.25, 0.3) is 0 Å². The van der Waals surface area contributed by atoms with Crippen LogP contribution in [-0.4, -0.2) is 99.5 Å². The zero-order valence-corrected chi connectivity index (χ0v) is 26.9. The topological polar surface area (TPSA) is 128 Å². The molecule has 0 radical (unpaired) electrons. The highest BCUT2D eigenvalue weighted by atomic mass is 32.1. The first-order valence-electron chi connectivity index (χ1n) is 16.0. The van der Waals surface area contributed by atoms with Gasteiger partial charge in [0.1, 0.15) is 11.9 Å². The zero-order valence-electron chi connectivity index (χ0n) is 26.1. The lowest BCUT2D eigenvalue weighted by Crippen LogP contribution is -2.53. The predicted molar refractivity (Wildman–Crippen MR) is 169 cm³/mol. The second-order valence-electron chi connectivity index (χ2n) is 13.4. The molecule has 2 atom stereocenters. The Hall–Kier alpha value is -3.84. The van der Waals surface area contributed by atoms with Gasteiger partial charge in [-0.15, -0.1) is 11.3 Å². The number of rotatable bonds is 9. The lowest BCUT2D eigenvalue weighted by molar-refractivity contribution is -0.140. The first-order valence-corrected chi connectivity index (χ1v) is 16.9. The molecule has 2 saturated carbocycles. The number of urea groups is 1. The Kier molecular flexibility index (Phi) is 7.87. The van der Waals surface area contributed by atoms with Crippen LogP contribution in [-0.2, 0) is 14.3 Å². The Bertz CT molecular complexity index is 1620. The van der Waals surface area contributed by atoms with Crippen LogP contribution in [0, 0.1) is 18.2 Å². The number of piperazine rings is 1. The number of carbonyl (C=O) groups is 3. The van der Waals surface area contributed by atoms with E-state index in [2.05, 4.69) is 20.1 Å². The van der Waals surface area contributed by atoms with Crippen molar-refractivity contribution in [2.45, 2.75) is 70.0 Å². The number of aliphatic imine (C=N–C) groups is 1. The van der Waals surface area contributed by atoms with Crippen molar-refractivity contribution >= 4 is 35.1 Å². The van der Waals surface area contributed by atoms with E-state index in [-0.39, 0.29) is 41.9 Å². The fraction of sp³-hybridized carbons (Fsp3) is 0.545. The summed E-state index contributed by atoms with van der Waals surface area (Å²) in [5.74, 6) is -1.06. The normalized spacial score (nSPS) is 29.2. The maximum Gasteiger partial charge on any atom is 0.338 e. The number of hydrogen-bond acceptors (Lipinski definition) is 9. The number of amidine groups is 1. The monoisotopic (exact) mass is 650 g/mol. The Labute approximate surface area is 271 Å². The van der Waals surface area contributed by atoms with Crippen molar-refractivity contribution < 1.29 is 28.6 Å². The Morgan fingerprint density at radius 2 is 2.00 bits per heavy atom.